The summed E-state index contributed by atoms with van der Waals surface area (Å²) in [6, 6.07) is 7.99. The highest BCUT2D eigenvalue weighted by atomic mass is 16.5. The van der Waals surface area contributed by atoms with E-state index in [1.807, 2.05) is 18.2 Å². The minimum atomic E-state index is -0.499. The predicted molar refractivity (Wildman–Crippen MR) is 79.3 cm³/mol. The third-order valence-corrected chi connectivity index (χ3v) is 3.62. The molecule has 110 valence electrons. The molecular formula is C16H24N2O2. The number of rotatable bonds is 5. The Balaban J connectivity index is 2.06. The number of nitrogens with one attached hydrogen (secondary N) is 1. The van der Waals surface area contributed by atoms with Crippen LogP contribution in [-0.2, 0) is 16.0 Å². The zero-order valence-electron chi connectivity index (χ0n) is 12.3. The third-order valence-electron chi connectivity index (χ3n) is 3.62. The predicted octanol–water partition coefficient (Wildman–Crippen LogP) is 1.79. The van der Waals surface area contributed by atoms with Crippen molar-refractivity contribution in [1.29, 1.82) is 0 Å². The highest BCUT2D eigenvalue weighted by Gasteiger charge is 2.28. The van der Waals surface area contributed by atoms with Gasteiger partial charge in [-0.15, -0.1) is 0 Å². The van der Waals surface area contributed by atoms with E-state index in [2.05, 4.69) is 25.2 Å². The van der Waals surface area contributed by atoms with Crippen molar-refractivity contribution in [2.75, 3.05) is 13.2 Å². The average molecular weight is 276 g/mol. The Morgan fingerprint density at radius 2 is 2.20 bits per heavy atom. The van der Waals surface area contributed by atoms with Gasteiger partial charge in [-0.25, -0.2) is 0 Å². The molecule has 1 amide bonds. The number of carbonyl (C=O) groups excluding carboxylic acids is 1. The van der Waals surface area contributed by atoms with Crippen LogP contribution in [0.3, 0.4) is 0 Å². The van der Waals surface area contributed by atoms with Crippen LogP contribution in [0.15, 0.2) is 24.3 Å². The molecule has 4 nitrogen and oxygen atoms in total. The summed E-state index contributed by atoms with van der Waals surface area (Å²) in [7, 11) is 0. The topological polar surface area (TPSA) is 64.3 Å². The van der Waals surface area contributed by atoms with Crippen LogP contribution in [0.25, 0.3) is 0 Å². The molecule has 2 unspecified atom stereocenters. The van der Waals surface area contributed by atoms with Gasteiger partial charge in [0.25, 0.3) is 5.91 Å². The Morgan fingerprint density at radius 1 is 1.45 bits per heavy atom. The molecule has 0 aliphatic carbocycles. The highest BCUT2D eigenvalue weighted by Crippen LogP contribution is 2.27. The summed E-state index contributed by atoms with van der Waals surface area (Å²) in [6.45, 7) is 5.30. The second-order valence-corrected chi connectivity index (χ2v) is 5.77. The lowest BCUT2D eigenvalue weighted by Gasteiger charge is -2.27. The van der Waals surface area contributed by atoms with E-state index in [9.17, 15) is 4.79 Å². The van der Waals surface area contributed by atoms with E-state index in [-0.39, 0.29) is 11.9 Å². The number of amides is 1. The van der Waals surface area contributed by atoms with Gasteiger partial charge in [-0.1, -0.05) is 38.1 Å². The zero-order valence-corrected chi connectivity index (χ0v) is 12.3. The number of hydrogen-bond acceptors (Lipinski definition) is 3. The quantitative estimate of drug-likeness (QED) is 0.861. The Kier molecular flexibility index (Phi) is 5.15. The van der Waals surface area contributed by atoms with E-state index in [0.717, 1.165) is 18.4 Å². The molecule has 1 aliphatic heterocycles. The molecule has 0 aromatic heterocycles. The number of ether oxygens (including phenoxy) is 1. The number of fused-ring (bicyclic) bond motifs is 1. The van der Waals surface area contributed by atoms with Crippen LogP contribution in [0, 0.1) is 5.92 Å². The first-order valence-corrected chi connectivity index (χ1v) is 7.31. The molecule has 1 heterocycles. The van der Waals surface area contributed by atoms with Crippen molar-refractivity contribution < 1.29 is 9.53 Å². The highest BCUT2D eigenvalue weighted by molar-refractivity contribution is 5.83. The van der Waals surface area contributed by atoms with Crippen LogP contribution >= 0.6 is 0 Å². The van der Waals surface area contributed by atoms with Crippen LogP contribution < -0.4 is 11.1 Å². The van der Waals surface area contributed by atoms with E-state index in [4.69, 9.17) is 10.5 Å². The van der Waals surface area contributed by atoms with Crippen LogP contribution in [0.5, 0.6) is 0 Å². The maximum Gasteiger partial charge on any atom is 0.254 e. The smallest absolute Gasteiger partial charge is 0.254 e. The molecule has 2 rings (SSSR count). The minimum Gasteiger partial charge on any atom is -0.363 e. The fourth-order valence-electron chi connectivity index (χ4n) is 2.67. The van der Waals surface area contributed by atoms with Crippen molar-refractivity contribution >= 4 is 5.91 Å². The van der Waals surface area contributed by atoms with Crippen molar-refractivity contribution in [1.82, 2.24) is 5.32 Å². The molecule has 0 saturated heterocycles. The van der Waals surface area contributed by atoms with Crippen LogP contribution in [0.2, 0.25) is 0 Å². The van der Waals surface area contributed by atoms with E-state index < -0.39 is 6.10 Å². The van der Waals surface area contributed by atoms with E-state index >= 15 is 0 Å². The van der Waals surface area contributed by atoms with Gasteiger partial charge < -0.3 is 15.8 Å². The SMILES string of the molecule is CC(C)CC(CN)NC(=O)C1OCCc2ccccc21. The molecule has 4 heteroatoms. The van der Waals surface area contributed by atoms with E-state index in [0.29, 0.717) is 19.1 Å². The van der Waals surface area contributed by atoms with Gasteiger partial charge in [0.05, 0.1) is 6.61 Å². The average Bonchev–Trinajstić information content (AvgIpc) is 2.45. The second-order valence-electron chi connectivity index (χ2n) is 5.77. The maximum absolute atomic E-state index is 12.4. The van der Waals surface area contributed by atoms with Gasteiger partial charge in [-0.2, -0.15) is 0 Å². The summed E-state index contributed by atoms with van der Waals surface area (Å²) in [6.07, 6.45) is 1.25. The fourth-order valence-corrected chi connectivity index (χ4v) is 2.67. The first-order chi connectivity index (χ1) is 9.61. The standard InChI is InChI=1S/C16H24N2O2/c1-11(2)9-13(10-17)18-16(19)15-14-6-4-3-5-12(14)7-8-20-15/h3-6,11,13,15H,7-10,17H2,1-2H3,(H,18,19). The van der Waals surface area contributed by atoms with Crippen molar-refractivity contribution in [3.8, 4) is 0 Å². The van der Waals surface area contributed by atoms with Crippen LogP contribution in [0.4, 0.5) is 0 Å². The molecular weight excluding hydrogens is 252 g/mol. The summed E-state index contributed by atoms with van der Waals surface area (Å²) in [4.78, 5) is 12.4. The first-order valence-electron chi connectivity index (χ1n) is 7.31. The Hall–Kier alpha value is -1.39. The molecule has 3 N–H and O–H groups in total. The van der Waals surface area contributed by atoms with Crippen LogP contribution in [0.1, 0.15) is 37.5 Å². The van der Waals surface area contributed by atoms with Gasteiger partial charge >= 0.3 is 0 Å². The van der Waals surface area contributed by atoms with Gasteiger partial charge in [0.1, 0.15) is 0 Å². The van der Waals surface area contributed by atoms with Gasteiger partial charge in [0.15, 0.2) is 6.10 Å². The number of nitrogens with two attached hydrogens (primary N) is 1. The summed E-state index contributed by atoms with van der Waals surface area (Å²) >= 11 is 0. The largest absolute Gasteiger partial charge is 0.363 e. The van der Waals surface area contributed by atoms with Crippen molar-refractivity contribution in [3.63, 3.8) is 0 Å². The lowest BCUT2D eigenvalue weighted by molar-refractivity contribution is -0.134. The second kappa shape index (κ2) is 6.86. The lowest BCUT2D eigenvalue weighted by atomic mass is 9.96. The molecule has 0 radical (unpaired) electrons. The maximum atomic E-state index is 12.4. The van der Waals surface area contributed by atoms with Crippen LogP contribution in [-0.4, -0.2) is 25.1 Å². The molecule has 0 bridgehead atoms. The lowest BCUT2D eigenvalue weighted by Crippen LogP contribution is -2.44. The monoisotopic (exact) mass is 276 g/mol. The third kappa shape index (κ3) is 3.58. The van der Waals surface area contributed by atoms with Gasteiger partial charge in [0, 0.05) is 12.6 Å². The van der Waals surface area contributed by atoms with Gasteiger partial charge in [0.2, 0.25) is 0 Å². The van der Waals surface area contributed by atoms with Crippen molar-refractivity contribution in [2.24, 2.45) is 11.7 Å². The fraction of sp³-hybridized carbons (Fsp3) is 0.562. The number of carbonyl (C=O) groups is 1. The van der Waals surface area contributed by atoms with E-state index in [1.165, 1.54) is 5.56 Å². The summed E-state index contributed by atoms with van der Waals surface area (Å²) in [5.41, 5.74) is 7.92. The van der Waals surface area contributed by atoms with Crippen molar-refractivity contribution in [2.45, 2.75) is 38.8 Å². The Bertz CT molecular complexity index is 460. The summed E-state index contributed by atoms with van der Waals surface area (Å²) in [5.74, 6) is 0.427. The molecule has 1 aromatic carbocycles. The molecule has 2 atom stereocenters. The molecule has 0 fully saturated rings. The first kappa shape index (κ1) is 15.0. The molecule has 1 aliphatic rings. The van der Waals surface area contributed by atoms with Gasteiger partial charge in [-0.3, -0.25) is 4.79 Å². The van der Waals surface area contributed by atoms with Crippen molar-refractivity contribution in [3.05, 3.63) is 35.4 Å². The Morgan fingerprint density at radius 3 is 2.90 bits per heavy atom. The molecule has 1 aromatic rings. The summed E-state index contributed by atoms with van der Waals surface area (Å²) in [5, 5.41) is 3.02. The molecule has 0 saturated carbocycles. The number of hydrogen-bond donors (Lipinski definition) is 2. The Labute approximate surface area is 120 Å². The van der Waals surface area contributed by atoms with Gasteiger partial charge in [-0.05, 0) is 29.9 Å². The normalized spacial score (nSPS) is 19.5. The molecule has 20 heavy (non-hydrogen) atoms. The summed E-state index contributed by atoms with van der Waals surface area (Å²) < 4.78 is 5.66. The van der Waals surface area contributed by atoms with E-state index in [1.54, 1.807) is 0 Å². The number of benzene rings is 1. The zero-order chi connectivity index (χ0) is 14.5. The molecule has 0 spiro atoms. The minimum absolute atomic E-state index is 0.0141.